The van der Waals surface area contributed by atoms with Crippen LogP contribution in [0.3, 0.4) is 0 Å². The molecular weight excluding hydrogens is 410 g/mol. The van der Waals surface area contributed by atoms with Crippen molar-refractivity contribution in [3.8, 4) is 17.6 Å². The maximum absolute atomic E-state index is 9.77. The Balaban J connectivity index is 1.63. The highest BCUT2D eigenvalue weighted by molar-refractivity contribution is 6.31. The Labute approximate surface area is 185 Å². The van der Waals surface area contributed by atoms with Crippen molar-refractivity contribution < 1.29 is 9.47 Å². The minimum Gasteiger partial charge on any atom is -0.493 e. The van der Waals surface area contributed by atoms with Crippen LogP contribution in [0.4, 0.5) is 0 Å². The number of aromatic nitrogens is 2. The number of nitriles is 1. The van der Waals surface area contributed by atoms with Crippen LogP contribution in [0, 0.1) is 11.3 Å². The van der Waals surface area contributed by atoms with Gasteiger partial charge in [-0.2, -0.15) is 5.26 Å². The summed E-state index contributed by atoms with van der Waals surface area (Å²) in [7, 11) is 3.49. The van der Waals surface area contributed by atoms with Crippen LogP contribution in [0.2, 0.25) is 5.02 Å². The van der Waals surface area contributed by atoms with E-state index < -0.39 is 0 Å². The van der Waals surface area contributed by atoms with E-state index in [1.807, 2.05) is 78.3 Å². The monoisotopic (exact) mass is 429 g/mol. The molecule has 4 aromatic rings. The number of fused-ring (bicyclic) bond motifs is 1. The number of imidazole rings is 1. The van der Waals surface area contributed by atoms with Gasteiger partial charge < -0.3 is 14.0 Å². The number of methoxy groups -OCH3 is 1. The number of para-hydroxylation sites is 2. The molecule has 31 heavy (non-hydrogen) atoms. The molecule has 0 aliphatic rings. The minimum absolute atomic E-state index is 0.328. The summed E-state index contributed by atoms with van der Waals surface area (Å²) in [6, 6.07) is 23.1. The highest BCUT2D eigenvalue weighted by Gasteiger charge is 2.13. The van der Waals surface area contributed by atoms with Crippen LogP contribution in [0.5, 0.6) is 11.5 Å². The molecule has 0 N–H and O–H groups in total. The van der Waals surface area contributed by atoms with E-state index in [9.17, 15) is 5.26 Å². The predicted molar refractivity (Wildman–Crippen MR) is 123 cm³/mol. The van der Waals surface area contributed by atoms with Crippen LogP contribution in [0.25, 0.3) is 22.7 Å². The molecule has 0 unspecified atom stereocenters. The van der Waals surface area contributed by atoms with Crippen LogP contribution in [-0.2, 0) is 13.7 Å². The van der Waals surface area contributed by atoms with Gasteiger partial charge in [0.05, 0.1) is 23.7 Å². The van der Waals surface area contributed by atoms with E-state index in [-0.39, 0.29) is 0 Å². The summed E-state index contributed by atoms with van der Waals surface area (Å²) in [4.78, 5) is 4.61. The Bertz CT molecular complexity index is 1320. The highest BCUT2D eigenvalue weighted by Crippen LogP contribution is 2.31. The molecule has 0 amide bonds. The molecule has 0 atom stereocenters. The fourth-order valence-corrected chi connectivity index (χ4v) is 3.55. The van der Waals surface area contributed by atoms with Gasteiger partial charge in [0.15, 0.2) is 17.3 Å². The summed E-state index contributed by atoms with van der Waals surface area (Å²) in [5.41, 5.74) is 3.99. The molecule has 0 fully saturated rings. The topological polar surface area (TPSA) is 60.1 Å². The van der Waals surface area contributed by atoms with Gasteiger partial charge in [0.1, 0.15) is 12.7 Å². The molecule has 0 bridgehead atoms. The standard InChI is InChI=1S/C25H20ClN3O2/c1-29-22-10-6-5-9-21(22)28-25(29)19(15-27)13-17-11-12-23(24(14-17)30-2)31-16-18-7-3-4-8-20(18)26/h3-14H,16H2,1-2H3. The Kier molecular flexibility index (Phi) is 5.92. The van der Waals surface area contributed by atoms with E-state index in [0.717, 1.165) is 22.2 Å². The molecule has 6 heteroatoms. The van der Waals surface area contributed by atoms with Gasteiger partial charge in [-0.05, 0) is 42.0 Å². The number of ether oxygens (including phenoxy) is 2. The Morgan fingerprint density at radius 1 is 1.10 bits per heavy atom. The lowest BCUT2D eigenvalue weighted by atomic mass is 10.1. The fourth-order valence-electron chi connectivity index (χ4n) is 3.36. The van der Waals surface area contributed by atoms with Crippen LogP contribution in [-0.4, -0.2) is 16.7 Å². The lowest BCUT2D eigenvalue weighted by Crippen LogP contribution is -1.99. The first-order valence-electron chi connectivity index (χ1n) is 9.68. The molecule has 5 nitrogen and oxygen atoms in total. The van der Waals surface area contributed by atoms with E-state index in [0.29, 0.717) is 34.5 Å². The zero-order chi connectivity index (χ0) is 21.8. The zero-order valence-corrected chi connectivity index (χ0v) is 17.9. The number of rotatable bonds is 6. The molecule has 0 aliphatic heterocycles. The van der Waals surface area contributed by atoms with E-state index in [1.165, 1.54) is 0 Å². The maximum Gasteiger partial charge on any atom is 0.161 e. The molecule has 3 aromatic carbocycles. The third kappa shape index (κ3) is 4.25. The Morgan fingerprint density at radius 3 is 2.61 bits per heavy atom. The smallest absolute Gasteiger partial charge is 0.161 e. The van der Waals surface area contributed by atoms with Crippen LogP contribution >= 0.6 is 11.6 Å². The molecule has 4 rings (SSSR count). The second kappa shape index (κ2) is 8.95. The van der Waals surface area contributed by atoms with E-state index >= 15 is 0 Å². The van der Waals surface area contributed by atoms with E-state index in [1.54, 1.807) is 13.2 Å². The zero-order valence-electron chi connectivity index (χ0n) is 17.2. The average Bonchev–Trinajstić information content (AvgIpc) is 3.13. The van der Waals surface area contributed by atoms with Crippen molar-refractivity contribution in [2.75, 3.05) is 7.11 Å². The van der Waals surface area contributed by atoms with Gasteiger partial charge in [-0.25, -0.2) is 4.98 Å². The van der Waals surface area contributed by atoms with Gasteiger partial charge in [0, 0.05) is 17.6 Å². The number of hydrogen-bond donors (Lipinski definition) is 0. The SMILES string of the molecule is COc1cc(C=C(C#N)c2nc3ccccc3n2C)ccc1OCc1ccccc1Cl. The normalized spacial score (nSPS) is 11.4. The first kappa shape index (κ1) is 20.5. The number of benzene rings is 3. The molecule has 0 saturated carbocycles. The fraction of sp³-hybridized carbons (Fsp3) is 0.120. The van der Waals surface area contributed by atoms with Gasteiger partial charge in [-0.1, -0.05) is 48.0 Å². The van der Waals surface area contributed by atoms with Crippen molar-refractivity contribution in [1.82, 2.24) is 9.55 Å². The van der Waals surface area contributed by atoms with Crippen molar-refractivity contribution in [2.24, 2.45) is 7.05 Å². The molecular formula is C25H20ClN3O2. The number of allylic oxidation sites excluding steroid dienone is 1. The molecule has 1 heterocycles. The number of halogens is 1. The van der Waals surface area contributed by atoms with Gasteiger partial charge in [0.25, 0.3) is 0 Å². The molecule has 0 spiro atoms. The Morgan fingerprint density at radius 2 is 1.87 bits per heavy atom. The Hall–Kier alpha value is -3.75. The third-order valence-corrected chi connectivity index (χ3v) is 5.36. The largest absolute Gasteiger partial charge is 0.493 e. The number of hydrogen-bond acceptors (Lipinski definition) is 4. The molecule has 0 radical (unpaired) electrons. The van der Waals surface area contributed by atoms with Crippen LogP contribution in [0.15, 0.2) is 66.7 Å². The summed E-state index contributed by atoms with van der Waals surface area (Å²) in [6.07, 6.45) is 1.79. The molecule has 1 aromatic heterocycles. The maximum atomic E-state index is 9.77. The number of aryl methyl sites for hydroxylation is 1. The van der Waals surface area contributed by atoms with Gasteiger partial charge in [0.2, 0.25) is 0 Å². The minimum atomic E-state index is 0.328. The highest BCUT2D eigenvalue weighted by atomic mass is 35.5. The summed E-state index contributed by atoms with van der Waals surface area (Å²) in [5, 5.41) is 10.4. The molecule has 154 valence electrons. The van der Waals surface area contributed by atoms with Crippen LogP contribution < -0.4 is 9.47 Å². The molecule has 0 aliphatic carbocycles. The summed E-state index contributed by atoms with van der Waals surface area (Å²) in [5.74, 6) is 1.78. The van der Waals surface area contributed by atoms with Crippen molar-refractivity contribution in [3.63, 3.8) is 0 Å². The number of nitrogens with zero attached hydrogens (tertiary/aromatic N) is 3. The molecule has 0 saturated heterocycles. The van der Waals surface area contributed by atoms with Gasteiger partial charge in [-0.15, -0.1) is 0 Å². The van der Waals surface area contributed by atoms with Crippen molar-refractivity contribution in [3.05, 3.63) is 88.7 Å². The summed E-state index contributed by atoms with van der Waals surface area (Å²) in [6.45, 7) is 0.328. The van der Waals surface area contributed by atoms with Crippen molar-refractivity contribution in [1.29, 1.82) is 5.26 Å². The van der Waals surface area contributed by atoms with E-state index in [2.05, 4.69) is 11.1 Å². The van der Waals surface area contributed by atoms with E-state index in [4.69, 9.17) is 21.1 Å². The summed E-state index contributed by atoms with van der Waals surface area (Å²) >= 11 is 6.21. The average molecular weight is 430 g/mol. The lowest BCUT2D eigenvalue weighted by Gasteiger charge is -2.12. The lowest BCUT2D eigenvalue weighted by molar-refractivity contribution is 0.284. The first-order valence-corrected chi connectivity index (χ1v) is 10.1. The third-order valence-electron chi connectivity index (χ3n) is 4.99. The first-order chi connectivity index (χ1) is 15.1. The second-order valence-electron chi connectivity index (χ2n) is 6.94. The van der Waals surface area contributed by atoms with Gasteiger partial charge in [-0.3, -0.25) is 0 Å². The predicted octanol–water partition coefficient (Wildman–Crippen LogP) is 5.88. The van der Waals surface area contributed by atoms with Crippen molar-refractivity contribution in [2.45, 2.75) is 6.61 Å². The summed E-state index contributed by atoms with van der Waals surface area (Å²) < 4.78 is 13.3. The quantitative estimate of drug-likeness (QED) is 0.359. The van der Waals surface area contributed by atoms with Crippen LogP contribution in [0.1, 0.15) is 17.0 Å². The van der Waals surface area contributed by atoms with Gasteiger partial charge >= 0.3 is 0 Å². The second-order valence-corrected chi connectivity index (χ2v) is 7.35. The van der Waals surface area contributed by atoms with Crippen molar-refractivity contribution >= 4 is 34.3 Å².